The topological polar surface area (TPSA) is 37.3 Å². The smallest absolute Gasteiger partial charge is 0.328 e. The summed E-state index contributed by atoms with van der Waals surface area (Å²) in [4.78, 5) is 10.6. The summed E-state index contributed by atoms with van der Waals surface area (Å²) in [5.41, 5.74) is 1.76. The zero-order valence-electron chi connectivity index (χ0n) is 14.9. The highest BCUT2D eigenvalue weighted by Gasteiger charge is 1.96. The summed E-state index contributed by atoms with van der Waals surface area (Å²) in [6.07, 6.45) is 15.6. The monoisotopic (exact) mass is 326 g/mol. The average molecular weight is 326 g/mol. The standard InChI is InChI=1S/C22H30O2/c1-2-3-4-5-6-7-8-9-10-11-12-15-20-16-13-14-17-21(20)18-19-22(23)24/h13-14,16-19H,2-11H2,1H3,(H,23,24). The zero-order chi connectivity index (χ0) is 17.5. The fraction of sp³-hybridized carbons (Fsp3) is 0.500. The lowest BCUT2D eigenvalue weighted by Gasteiger charge is -2.00. The molecular weight excluding hydrogens is 296 g/mol. The summed E-state index contributed by atoms with van der Waals surface area (Å²) < 4.78 is 0. The van der Waals surface area contributed by atoms with Gasteiger partial charge in [-0.2, -0.15) is 0 Å². The first-order valence-corrected chi connectivity index (χ1v) is 9.23. The minimum absolute atomic E-state index is 0.861. The fourth-order valence-corrected chi connectivity index (χ4v) is 2.60. The molecule has 0 amide bonds. The molecule has 2 nitrogen and oxygen atoms in total. The zero-order valence-corrected chi connectivity index (χ0v) is 14.9. The Morgan fingerprint density at radius 2 is 1.62 bits per heavy atom. The normalized spacial score (nSPS) is 10.5. The molecule has 0 atom stereocenters. The number of carbonyl (C=O) groups is 1. The highest BCUT2D eigenvalue weighted by atomic mass is 16.4. The van der Waals surface area contributed by atoms with Crippen LogP contribution in [0.5, 0.6) is 0 Å². The van der Waals surface area contributed by atoms with Crippen LogP contribution in [0.2, 0.25) is 0 Å². The summed E-state index contributed by atoms with van der Waals surface area (Å²) in [6.45, 7) is 2.25. The Kier molecular flexibility index (Phi) is 11.2. The molecule has 0 radical (unpaired) electrons. The van der Waals surface area contributed by atoms with E-state index in [2.05, 4.69) is 18.8 Å². The Hall–Kier alpha value is -2.01. The number of aliphatic carboxylic acids is 1. The predicted molar refractivity (Wildman–Crippen MR) is 102 cm³/mol. The van der Waals surface area contributed by atoms with Gasteiger partial charge in [0.2, 0.25) is 0 Å². The van der Waals surface area contributed by atoms with Crippen LogP contribution in [0.15, 0.2) is 30.3 Å². The number of unbranched alkanes of at least 4 members (excludes halogenated alkanes) is 9. The second kappa shape index (κ2) is 13.4. The molecule has 0 spiro atoms. The third kappa shape index (κ3) is 9.90. The van der Waals surface area contributed by atoms with E-state index >= 15 is 0 Å². The Morgan fingerprint density at radius 1 is 1.00 bits per heavy atom. The van der Waals surface area contributed by atoms with E-state index in [1.807, 2.05) is 24.3 Å². The number of hydrogen-bond donors (Lipinski definition) is 1. The molecule has 0 aromatic heterocycles. The molecule has 1 aromatic rings. The van der Waals surface area contributed by atoms with Crippen LogP contribution in [-0.2, 0) is 4.79 Å². The molecule has 0 aliphatic carbocycles. The van der Waals surface area contributed by atoms with Crippen LogP contribution >= 0.6 is 0 Å². The summed E-state index contributed by atoms with van der Waals surface area (Å²) >= 11 is 0. The molecule has 24 heavy (non-hydrogen) atoms. The van der Waals surface area contributed by atoms with Crippen molar-refractivity contribution in [1.29, 1.82) is 0 Å². The van der Waals surface area contributed by atoms with E-state index in [-0.39, 0.29) is 0 Å². The maximum Gasteiger partial charge on any atom is 0.328 e. The second-order valence-electron chi connectivity index (χ2n) is 6.14. The van der Waals surface area contributed by atoms with Crippen LogP contribution in [0.25, 0.3) is 6.08 Å². The lowest BCUT2D eigenvalue weighted by molar-refractivity contribution is -0.131. The largest absolute Gasteiger partial charge is 0.478 e. The minimum Gasteiger partial charge on any atom is -0.478 e. The van der Waals surface area contributed by atoms with Gasteiger partial charge in [0.1, 0.15) is 0 Å². The molecule has 2 heteroatoms. The molecule has 1 aromatic carbocycles. The van der Waals surface area contributed by atoms with Crippen molar-refractivity contribution in [2.24, 2.45) is 0 Å². The minimum atomic E-state index is -0.938. The van der Waals surface area contributed by atoms with E-state index in [9.17, 15) is 4.79 Å². The SMILES string of the molecule is CCCCCCCCCCCC#Cc1ccccc1C=CC(=O)O. The average Bonchev–Trinajstić information content (AvgIpc) is 2.58. The van der Waals surface area contributed by atoms with Gasteiger partial charge in [-0.25, -0.2) is 4.79 Å². The number of rotatable bonds is 11. The van der Waals surface area contributed by atoms with Gasteiger partial charge in [0, 0.05) is 18.1 Å². The maximum absolute atomic E-state index is 10.6. The van der Waals surface area contributed by atoms with Crippen molar-refractivity contribution in [3.8, 4) is 11.8 Å². The van der Waals surface area contributed by atoms with Crippen LogP contribution in [-0.4, -0.2) is 11.1 Å². The molecule has 0 unspecified atom stereocenters. The third-order valence-corrected chi connectivity index (χ3v) is 3.99. The molecule has 1 N–H and O–H groups in total. The van der Waals surface area contributed by atoms with Gasteiger partial charge >= 0.3 is 5.97 Å². The van der Waals surface area contributed by atoms with E-state index in [0.29, 0.717) is 0 Å². The van der Waals surface area contributed by atoms with Gasteiger partial charge in [-0.15, -0.1) is 0 Å². The highest BCUT2D eigenvalue weighted by molar-refractivity contribution is 5.85. The summed E-state index contributed by atoms with van der Waals surface area (Å²) in [5, 5.41) is 8.72. The molecule has 0 aliphatic heterocycles. The summed E-state index contributed by atoms with van der Waals surface area (Å²) in [6, 6.07) is 7.65. The van der Waals surface area contributed by atoms with Gasteiger partial charge in [-0.1, -0.05) is 88.3 Å². The van der Waals surface area contributed by atoms with Crippen LogP contribution in [0.1, 0.15) is 82.3 Å². The van der Waals surface area contributed by atoms with Crippen molar-refractivity contribution in [2.45, 2.75) is 71.1 Å². The molecule has 1 rings (SSSR count). The van der Waals surface area contributed by atoms with Crippen molar-refractivity contribution in [1.82, 2.24) is 0 Å². The first-order chi connectivity index (χ1) is 11.7. The van der Waals surface area contributed by atoms with E-state index in [1.54, 1.807) is 6.08 Å². The van der Waals surface area contributed by atoms with Gasteiger partial charge in [-0.05, 0) is 24.1 Å². The predicted octanol–water partition coefficient (Wildman–Crippen LogP) is 6.06. The molecule has 0 heterocycles. The van der Waals surface area contributed by atoms with Gasteiger partial charge < -0.3 is 5.11 Å². The van der Waals surface area contributed by atoms with E-state index in [1.165, 1.54) is 51.4 Å². The number of benzene rings is 1. The lowest BCUT2D eigenvalue weighted by atomic mass is 10.1. The van der Waals surface area contributed by atoms with Crippen molar-refractivity contribution in [3.05, 3.63) is 41.5 Å². The van der Waals surface area contributed by atoms with Crippen molar-refractivity contribution in [3.63, 3.8) is 0 Å². The van der Waals surface area contributed by atoms with Crippen LogP contribution in [0.3, 0.4) is 0 Å². The Balaban J connectivity index is 2.24. The molecule has 0 bridgehead atoms. The van der Waals surface area contributed by atoms with Crippen molar-refractivity contribution >= 4 is 12.0 Å². The van der Waals surface area contributed by atoms with E-state index in [4.69, 9.17) is 5.11 Å². The van der Waals surface area contributed by atoms with Gasteiger partial charge in [0.15, 0.2) is 0 Å². The fourth-order valence-electron chi connectivity index (χ4n) is 2.60. The number of hydrogen-bond acceptors (Lipinski definition) is 1. The van der Waals surface area contributed by atoms with Gasteiger partial charge in [0.25, 0.3) is 0 Å². The molecular formula is C22H30O2. The first-order valence-electron chi connectivity index (χ1n) is 9.23. The van der Waals surface area contributed by atoms with Gasteiger partial charge in [0.05, 0.1) is 0 Å². The first kappa shape index (κ1) is 20.0. The number of carboxylic acids is 1. The second-order valence-corrected chi connectivity index (χ2v) is 6.14. The Labute approximate surface area is 147 Å². The van der Waals surface area contributed by atoms with Crippen LogP contribution < -0.4 is 0 Å². The summed E-state index contributed by atoms with van der Waals surface area (Å²) in [5.74, 6) is 5.45. The van der Waals surface area contributed by atoms with Crippen molar-refractivity contribution in [2.75, 3.05) is 0 Å². The molecule has 0 aliphatic rings. The van der Waals surface area contributed by atoms with E-state index in [0.717, 1.165) is 30.0 Å². The maximum atomic E-state index is 10.6. The van der Waals surface area contributed by atoms with E-state index < -0.39 is 5.97 Å². The van der Waals surface area contributed by atoms with Gasteiger partial charge in [-0.3, -0.25) is 0 Å². The molecule has 0 fully saturated rings. The third-order valence-electron chi connectivity index (χ3n) is 3.99. The highest BCUT2D eigenvalue weighted by Crippen LogP contribution is 2.11. The van der Waals surface area contributed by atoms with Crippen molar-refractivity contribution < 1.29 is 9.90 Å². The summed E-state index contributed by atoms with van der Waals surface area (Å²) in [7, 11) is 0. The Bertz CT molecular complexity index is 561. The van der Waals surface area contributed by atoms with Crippen LogP contribution in [0.4, 0.5) is 0 Å². The molecule has 0 saturated carbocycles. The number of carboxylic acid groups (broad SMARTS) is 1. The molecule has 0 saturated heterocycles. The lowest BCUT2D eigenvalue weighted by Crippen LogP contribution is -1.87. The van der Waals surface area contributed by atoms with Crippen LogP contribution in [0, 0.1) is 11.8 Å². The molecule has 130 valence electrons. The quantitative estimate of drug-likeness (QED) is 0.305. The Morgan fingerprint density at radius 3 is 2.29 bits per heavy atom.